The van der Waals surface area contributed by atoms with Crippen LogP contribution in [0, 0.1) is 5.92 Å². The number of aliphatic hydroxyl groups is 1. The van der Waals surface area contributed by atoms with E-state index in [1.807, 2.05) is 28.9 Å². The zero-order chi connectivity index (χ0) is 21.4. The second kappa shape index (κ2) is 8.15. The van der Waals surface area contributed by atoms with Crippen LogP contribution in [0.2, 0.25) is 0 Å². The van der Waals surface area contributed by atoms with Gasteiger partial charge in [0, 0.05) is 12.5 Å². The summed E-state index contributed by atoms with van der Waals surface area (Å²) in [4.78, 5) is 12.3. The fraction of sp³-hybridized carbons (Fsp3) is 0.375. The predicted molar refractivity (Wildman–Crippen MR) is 115 cm³/mol. The molecule has 0 saturated heterocycles. The molecule has 1 heterocycles. The smallest absolute Gasteiger partial charge is 0.407 e. The SMILES string of the molecule is CC(O)c1cn(C2CC(CNC(=O)OCC3c4ccccc4-c4ccccc43)C2)nn1. The number of hydrogen-bond donors (Lipinski definition) is 2. The fourth-order valence-corrected chi connectivity index (χ4v) is 4.62. The molecule has 1 aromatic heterocycles. The molecule has 2 N–H and O–H groups in total. The zero-order valence-electron chi connectivity index (χ0n) is 17.4. The number of nitrogens with zero attached hydrogens (tertiary/aromatic N) is 3. The molecule has 2 aromatic carbocycles. The van der Waals surface area contributed by atoms with Crippen molar-refractivity contribution in [1.29, 1.82) is 0 Å². The number of amides is 1. The minimum Gasteiger partial charge on any atom is -0.449 e. The molecule has 1 amide bonds. The fourth-order valence-electron chi connectivity index (χ4n) is 4.62. The molecule has 3 aromatic rings. The van der Waals surface area contributed by atoms with Crippen molar-refractivity contribution in [3.8, 4) is 11.1 Å². The van der Waals surface area contributed by atoms with Gasteiger partial charge in [0.25, 0.3) is 0 Å². The van der Waals surface area contributed by atoms with Crippen molar-refractivity contribution in [2.75, 3.05) is 13.2 Å². The lowest BCUT2D eigenvalue weighted by molar-refractivity contribution is 0.131. The number of carbonyl (C=O) groups excluding carboxylic acids is 1. The van der Waals surface area contributed by atoms with Gasteiger partial charge in [-0.15, -0.1) is 5.10 Å². The number of hydrogen-bond acceptors (Lipinski definition) is 5. The van der Waals surface area contributed by atoms with Crippen molar-refractivity contribution in [2.24, 2.45) is 5.92 Å². The molecule has 5 rings (SSSR count). The van der Waals surface area contributed by atoms with E-state index in [1.165, 1.54) is 22.3 Å². The highest BCUT2D eigenvalue weighted by molar-refractivity contribution is 5.79. The maximum Gasteiger partial charge on any atom is 0.407 e. The van der Waals surface area contributed by atoms with E-state index in [9.17, 15) is 9.90 Å². The standard InChI is InChI=1S/C24H26N4O3/c1-15(29)23-13-28(27-26-23)17-10-16(11-17)12-25-24(30)31-14-22-20-8-4-2-6-18(20)19-7-3-5-9-21(19)22/h2-9,13,15-17,22,29H,10-12,14H2,1H3,(H,25,30). The molecule has 7 nitrogen and oxygen atoms in total. The third-order valence-corrected chi connectivity index (χ3v) is 6.42. The zero-order valence-corrected chi connectivity index (χ0v) is 17.4. The number of benzene rings is 2. The van der Waals surface area contributed by atoms with Crippen LogP contribution in [-0.4, -0.2) is 39.3 Å². The molecule has 160 valence electrons. The first kappa shape index (κ1) is 19.8. The Kier molecular flexibility index (Phi) is 5.19. The summed E-state index contributed by atoms with van der Waals surface area (Å²) in [7, 11) is 0. The van der Waals surface area contributed by atoms with E-state index in [1.54, 1.807) is 13.1 Å². The van der Waals surface area contributed by atoms with Crippen molar-refractivity contribution in [3.05, 3.63) is 71.5 Å². The number of carbonyl (C=O) groups is 1. The number of aliphatic hydroxyl groups excluding tert-OH is 1. The van der Waals surface area contributed by atoms with Gasteiger partial charge in [-0.25, -0.2) is 9.48 Å². The van der Waals surface area contributed by atoms with Crippen LogP contribution in [0.25, 0.3) is 11.1 Å². The van der Waals surface area contributed by atoms with Crippen LogP contribution < -0.4 is 5.32 Å². The summed E-state index contributed by atoms with van der Waals surface area (Å²) >= 11 is 0. The first-order chi connectivity index (χ1) is 15.1. The van der Waals surface area contributed by atoms with Gasteiger partial charge >= 0.3 is 6.09 Å². The van der Waals surface area contributed by atoms with Crippen molar-refractivity contribution in [1.82, 2.24) is 20.3 Å². The van der Waals surface area contributed by atoms with E-state index in [4.69, 9.17) is 4.74 Å². The Labute approximate surface area is 181 Å². The first-order valence-corrected chi connectivity index (χ1v) is 10.8. The number of ether oxygens (including phenoxy) is 1. The predicted octanol–water partition coefficient (Wildman–Crippen LogP) is 3.82. The number of rotatable bonds is 6. The Balaban J connectivity index is 1.11. The van der Waals surface area contributed by atoms with Crippen LogP contribution in [0.15, 0.2) is 54.7 Å². The minimum absolute atomic E-state index is 0.0710. The third kappa shape index (κ3) is 3.81. The van der Waals surface area contributed by atoms with Crippen molar-refractivity contribution >= 4 is 6.09 Å². The summed E-state index contributed by atoms with van der Waals surface area (Å²) in [5.74, 6) is 0.464. The Hall–Kier alpha value is -3.19. The topological polar surface area (TPSA) is 89.3 Å². The van der Waals surface area contributed by atoms with Gasteiger partial charge in [0.2, 0.25) is 0 Å². The molecule has 1 saturated carbocycles. The summed E-state index contributed by atoms with van der Waals surface area (Å²) in [5, 5.41) is 20.6. The molecule has 1 fully saturated rings. The van der Waals surface area contributed by atoms with Crippen LogP contribution in [0.4, 0.5) is 4.79 Å². The average molecular weight is 418 g/mol. The molecule has 0 aliphatic heterocycles. The number of fused-ring (bicyclic) bond motifs is 3. The summed E-state index contributed by atoms with van der Waals surface area (Å²) in [5.41, 5.74) is 5.45. The van der Waals surface area contributed by atoms with E-state index >= 15 is 0 Å². The van der Waals surface area contributed by atoms with E-state index in [2.05, 4.69) is 39.9 Å². The van der Waals surface area contributed by atoms with Crippen molar-refractivity contribution in [2.45, 2.75) is 37.8 Å². The Bertz CT molecular complexity index is 1040. The van der Waals surface area contributed by atoms with Crippen LogP contribution in [0.5, 0.6) is 0 Å². The van der Waals surface area contributed by atoms with Gasteiger partial charge in [0.1, 0.15) is 12.3 Å². The van der Waals surface area contributed by atoms with Crippen molar-refractivity contribution in [3.63, 3.8) is 0 Å². The van der Waals surface area contributed by atoms with Gasteiger partial charge in [-0.2, -0.15) is 0 Å². The monoisotopic (exact) mass is 418 g/mol. The minimum atomic E-state index is -0.611. The van der Waals surface area contributed by atoms with Crippen LogP contribution in [-0.2, 0) is 4.74 Å². The van der Waals surface area contributed by atoms with Crippen LogP contribution >= 0.6 is 0 Å². The molecule has 0 spiro atoms. The maximum absolute atomic E-state index is 12.3. The van der Waals surface area contributed by atoms with Gasteiger partial charge in [-0.1, -0.05) is 53.7 Å². The molecule has 31 heavy (non-hydrogen) atoms. The lowest BCUT2D eigenvalue weighted by atomic mass is 9.80. The Morgan fingerprint density at radius 3 is 2.42 bits per heavy atom. The summed E-state index contributed by atoms with van der Waals surface area (Å²) in [6, 6.07) is 16.9. The number of aromatic nitrogens is 3. The van der Waals surface area contributed by atoms with E-state index < -0.39 is 6.10 Å². The van der Waals surface area contributed by atoms with Crippen molar-refractivity contribution < 1.29 is 14.6 Å². The molecule has 1 atom stereocenters. The Morgan fingerprint density at radius 1 is 1.16 bits per heavy atom. The quantitative estimate of drug-likeness (QED) is 0.635. The number of nitrogens with one attached hydrogen (secondary N) is 1. The molecule has 1 unspecified atom stereocenters. The highest BCUT2D eigenvalue weighted by atomic mass is 16.5. The average Bonchev–Trinajstić information content (AvgIpc) is 3.35. The van der Waals surface area contributed by atoms with Gasteiger partial charge in [0.15, 0.2) is 0 Å². The van der Waals surface area contributed by atoms with Gasteiger partial charge < -0.3 is 15.2 Å². The summed E-state index contributed by atoms with van der Waals surface area (Å²) in [6.07, 6.45) is 2.66. The van der Waals surface area contributed by atoms with E-state index in [-0.39, 0.29) is 18.1 Å². The maximum atomic E-state index is 12.3. The molecular formula is C24H26N4O3. The molecule has 2 aliphatic carbocycles. The highest BCUT2D eigenvalue weighted by Gasteiger charge is 2.32. The van der Waals surface area contributed by atoms with E-state index in [0.717, 1.165) is 12.8 Å². The van der Waals surface area contributed by atoms with E-state index in [0.29, 0.717) is 24.8 Å². The molecule has 7 heteroatoms. The highest BCUT2D eigenvalue weighted by Crippen LogP contribution is 2.44. The van der Waals surface area contributed by atoms with Crippen LogP contribution in [0.1, 0.15) is 54.6 Å². The van der Waals surface area contributed by atoms with Crippen LogP contribution in [0.3, 0.4) is 0 Å². The normalized spacial score (nSPS) is 20.5. The molecule has 0 radical (unpaired) electrons. The number of alkyl carbamates (subject to hydrolysis) is 1. The molecule has 2 aliphatic rings. The third-order valence-electron chi connectivity index (χ3n) is 6.42. The Morgan fingerprint density at radius 2 is 1.81 bits per heavy atom. The lowest BCUT2D eigenvalue weighted by Gasteiger charge is -2.34. The summed E-state index contributed by atoms with van der Waals surface area (Å²) < 4.78 is 7.41. The van der Waals surface area contributed by atoms with Gasteiger partial charge in [0.05, 0.1) is 18.3 Å². The first-order valence-electron chi connectivity index (χ1n) is 10.8. The lowest BCUT2D eigenvalue weighted by Crippen LogP contribution is -2.37. The van der Waals surface area contributed by atoms with Gasteiger partial charge in [-0.05, 0) is 47.9 Å². The summed E-state index contributed by atoms with van der Waals surface area (Å²) in [6.45, 7) is 2.59. The second-order valence-electron chi connectivity index (χ2n) is 8.50. The van der Waals surface area contributed by atoms with Gasteiger partial charge in [-0.3, -0.25) is 0 Å². The molecular weight excluding hydrogens is 392 g/mol. The second-order valence-corrected chi connectivity index (χ2v) is 8.50. The largest absolute Gasteiger partial charge is 0.449 e. The molecule has 0 bridgehead atoms.